The molecule has 0 saturated carbocycles. The zero-order valence-electron chi connectivity index (χ0n) is 12.0. The van der Waals surface area contributed by atoms with Gasteiger partial charge in [-0.3, -0.25) is 4.79 Å². The largest absolute Gasteiger partial charge is 0.398 e. The lowest BCUT2D eigenvalue weighted by Crippen LogP contribution is -2.38. The highest BCUT2D eigenvalue weighted by atomic mass is 32.2. The predicted octanol–water partition coefficient (Wildman–Crippen LogP) is 0.569. The number of benzene rings is 1. The molecule has 0 spiro atoms. The third-order valence-electron chi connectivity index (χ3n) is 3.63. The molecule has 1 fully saturated rings. The van der Waals surface area contributed by atoms with Gasteiger partial charge < -0.3 is 10.6 Å². The molecule has 1 heterocycles. The summed E-state index contributed by atoms with van der Waals surface area (Å²) < 4.78 is 39.9. The minimum atomic E-state index is -3.94. The van der Waals surface area contributed by atoms with Crippen molar-refractivity contribution in [1.29, 1.82) is 0 Å². The van der Waals surface area contributed by atoms with Gasteiger partial charge in [-0.15, -0.1) is 0 Å². The molecule has 21 heavy (non-hydrogen) atoms. The predicted molar refractivity (Wildman–Crippen MR) is 76.6 cm³/mol. The van der Waals surface area contributed by atoms with E-state index in [1.807, 2.05) is 0 Å². The number of carbonyl (C=O) groups is 1. The number of rotatable bonds is 2. The van der Waals surface area contributed by atoms with Crippen molar-refractivity contribution in [1.82, 2.24) is 9.21 Å². The number of likely N-dealkylation sites (N-methyl/N-ethyl adjacent to an activating group) is 1. The standard InChI is InChI=1S/C13H18FN3O3S/c1-9-11(14)6-10(7-12(9)15)21(19,20)17-5-3-4-16(2)13(18)8-17/h6-7H,3-5,8,15H2,1-2H3. The second kappa shape index (κ2) is 5.61. The molecule has 0 atom stereocenters. The Labute approximate surface area is 123 Å². The van der Waals surface area contributed by atoms with Gasteiger partial charge in [0.2, 0.25) is 15.9 Å². The highest BCUT2D eigenvalue weighted by Crippen LogP contribution is 2.24. The molecule has 0 unspecified atom stereocenters. The van der Waals surface area contributed by atoms with E-state index in [0.29, 0.717) is 13.0 Å². The van der Waals surface area contributed by atoms with E-state index in [0.717, 1.165) is 10.4 Å². The number of amides is 1. The smallest absolute Gasteiger partial charge is 0.243 e. The molecule has 6 nitrogen and oxygen atoms in total. The Kier molecular flexibility index (Phi) is 4.20. The van der Waals surface area contributed by atoms with Crippen molar-refractivity contribution >= 4 is 21.6 Å². The van der Waals surface area contributed by atoms with Crippen molar-refractivity contribution in [2.24, 2.45) is 0 Å². The van der Waals surface area contributed by atoms with Gasteiger partial charge in [0.25, 0.3) is 0 Å². The van der Waals surface area contributed by atoms with Crippen molar-refractivity contribution < 1.29 is 17.6 Å². The molecule has 0 aliphatic carbocycles. The Bertz CT molecular complexity index is 652. The Morgan fingerprint density at radius 2 is 1.95 bits per heavy atom. The molecule has 1 amide bonds. The summed E-state index contributed by atoms with van der Waals surface area (Å²) >= 11 is 0. The van der Waals surface area contributed by atoms with Gasteiger partial charge in [0.05, 0.1) is 11.4 Å². The Balaban J connectivity index is 2.40. The molecule has 1 aromatic rings. The van der Waals surface area contributed by atoms with Gasteiger partial charge in [-0.2, -0.15) is 4.31 Å². The zero-order valence-corrected chi connectivity index (χ0v) is 12.8. The SMILES string of the molecule is Cc1c(N)cc(S(=O)(=O)N2CCCN(C)C(=O)C2)cc1F. The number of anilines is 1. The van der Waals surface area contributed by atoms with Crippen molar-refractivity contribution in [2.45, 2.75) is 18.2 Å². The lowest BCUT2D eigenvalue weighted by atomic mass is 10.2. The van der Waals surface area contributed by atoms with E-state index in [-0.39, 0.29) is 35.1 Å². The summed E-state index contributed by atoms with van der Waals surface area (Å²) in [6.45, 7) is 1.95. The second-order valence-corrected chi connectivity index (χ2v) is 7.06. The fourth-order valence-corrected chi connectivity index (χ4v) is 3.61. The molecule has 1 aromatic carbocycles. The number of hydrogen-bond donors (Lipinski definition) is 1. The number of nitrogens with two attached hydrogens (primary N) is 1. The van der Waals surface area contributed by atoms with Crippen LogP contribution in [0.5, 0.6) is 0 Å². The number of nitrogen functional groups attached to an aromatic ring is 1. The molecule has 116 valence electrons. The van der Waals surface area contributed by atoms with E-state index in [9.17, 15) is 17.6 Å². The topological polar surface area (TPSA) is 83.7 Å². The molecule has 2 N–H and O–H groups in total. The fourth-order valence-electron chi connectivity index (χ4n) is 2.14. The summed E-state index contributed by atoms with van der Waals surface area (Å²) in [5.74, 6) is -0.955. The summed E-state index contributed by atoms with van der Waals surface area (Å²) in [5.41, 5.74) is 5.91. The second-order valence-electron chi connectivity index (χ2n) is 5.13. The minimum Gasteiger partial charge on any atom is -0.398 e. The van der Waals surface area contributed by atoms with Crippen LogP contribution in [-0.4, -0.2) is 50.2 Å². The van der Waals surface area contributed by atoms with Crippen LogP contribution in [0, 0.1) is 12.7 Å². The highest BCUT2D eigenvalue weighted by Gasteiger charge is 2.30. The number of carbonyl (C=O) groups excluding carboxylic acids is 1. The van der Waals surface area contributed by atoms with E-state index >= 15 is 0 Å². The maximum atomic E-state index is 13.7. The third kappa shape index (κ3) is 3.01. The van der Waals surface area contributed by atoms with Gasteiger partial charge in [-0.05, 0) is 25.5 Å². The first-order valence-electron chi connectivity index (χ1n) is 6.53. The first-order chi connectivity index (χ1) is 9.73. The van der Waals surface area contributed by atoms with Gasteiger partial charge in [0, 0.05) is 31.4 Å². The molecule has 0 radical (unpaired) electrons. The molecule has 0 aromatic heterocycles. The molecule has 1 aliphatic heterocycles. The third-order valence-corrected chi connectivity index (χ3v) is 5.46. The molecular weight excluding hydrogens is 297 g/mol. The number of hydrogen-bond acceptors (Lipinski definition) is 4. The van der Waals surface area contributed by atoms with Crippen molar-refractivity contribution in [2.75, 3.05) is 32.4 Å². The van der Waals surface area contributed by atoms with Crippen LogP contribution in [0.25, 0.3) is 0 Å². The summed E-state index contributed by atoms with van der Waals surface area (Å²) in [6.07, 6.45) is 0.533. The van der Waals surface area contributed by atoms with Gasteiger partial charge >= 0.3 is 0 Å². The summed E-state index contributed by atoms with van der Waals surface area (Å²) in [6, 6.07) is 2.17. The normalized spacial score (nSPS) is 17.9. The molecule has 1 aliphatic rings. The molecule has 1 saturated heterocycles. The summed E-state index contributed by atoms with van der Waals surface area (Å²) in [4.78, 5) is 13.1. The van der Waals surface area contributed by atoms with Crippen LogP contribution < -0.4 is 5.73 Å². The molecule has 0 bridgehead atoms. The van der Waals surface area contributed by atoms with E-state index in [4.69, 9.17) is 5.73 Å². The van der Waals surface area contributed by atoms with Crippen LogP contribution in [-0.2, 0) is 14.8 Å². The van der Waals surface area contributed by atoms with E-state index in [1.54, 1.807) is 7.05 Å². The first-order valence-corrected chi connectivity index (χ1v) is 7.97. The van der Waals surface area contributed by atoms with E-state index in [2.05, 4.69) is 0 Å². The van der Waals surface area contributed by atoms with Gasteiger partial charge in [-0.25, -0.2) is 12.8 Å². The average Bonchev–Trinajstić information content (AvgIpc) is 2.58. The van der Waals surface area contributed by atoms with Crippen LogP contribution in [0.3, 0.4) is 0 Å². The maximum Gasteiger partial charge on any atom is 0.243 e. The number of nitrogens with zero attached hydrogens (tertiary/aromatic N) is 2. The van der Waals surface area contributed by atoms with Crippen molar-refractivity contribution in [3.05, 3.63) is 23.5 Å². The van der Waals surface area contributed by atoms with Crippen LogP contribution in [0.2, 0.25) is 0 Å². The molecule has 8 heteroatoms. The van der Waals surface area contributed by atoms with Crippen LogP contribution in [0.15, 0.2) is 17.0 Å². The number of sulfonamides is 1. The first kappa shape index (κ1) is 15.7. The lowest BCUT2D eigenvalue weighted by molar-refractivity contribution is -0.129. The molecular formula is C13H18FN3O3S. The summed E-state index contributed by atoms with van der Waals surface area (Å²) in [7, 11) is -2.31. The van der Waals surface area contributed by atoms with Crippen molar-refractivity contribution in [3.8, 4) is 0 Å². The lowest BCUT2D eigenvalue weighted by Gasteiger charge is -2.20. The van der Waals surface area contributed by atoms with Gasteiger partial charge in [0.15, 0.2) is 0 Å². The zero-order chi connectivity index (χ0) is 15.8. The van der Waals surface area contributed by atoms with Crippen LogP contribution in [0.1, 0.15) is 12.0 Å². The quantitative estimate of drug-likeness (QED) is 0.809. The number of halogens is 1. The monoisotopic (exact) mass is 315 g/mol. The highest BCUT2D eigenvalue weighted by molar-refractivity contribution is 7.89. The Hall–Kier alpha value is -1.67. The maximum absolute atomic E-state index is 13.7. The average molecular weight is 315 g/mol. The van der Waals surface area contributed by atoms with Crippen molar-refractivity contribution in [3.63, 3.8) is 0 Å². The van der Waals surface area contributed by atoms with E-state index in [1.165, 1.54) is 17.9 Å². The molecule has 2 rings (SSSR count). The van der Waals surface area contributed by atoms with Gasteiger partial charge in [0.1, 0.15) is 5.82 Å². The summed E-state index contributed by atoms with van der Waals surface area (Å²) in [5, 5.41) is 0. The van der Waals surface area contributed by atoms with Gasteiger partial charge in [-0.1, -0.05) is 0 Å². The minimum absolute atomic E-state index is 0.0758. The van der Waals surface area contributed by atoms with Crippen LogP contribution >= 0.6 is 0 Å². The Morgan fingerprint density at radius 1 is 1.29 bits per heavy atom. The Morgan fingerprint density at radius 3 is 2.57 bits per heavy atom. The van der Waals surface area contributed by atoms with E-state index < -0.39 is 15.8 Å². The van der Waals surface area contributed by atoms with Crippen LogP contribution in [0.4, 0.5) is 10.1 Å². The fraction of sp³-hybridized carbons (Fsp3) is 0.462.